The molecule has 0 saturated carbocycles. The van der Waals surface area contributed by atoms with E-state index in [0.717, 1.165) is 62.5 Å². The highest BCUT2D eigenvalue weighted by atomic mass is 15.1. The van der Waals surface area contributed by atoms with E-state index in [1.54, 1.807) is 0 Å². The number of para-hydroxylation sites is 2. The van der Waals surface area contributed by atoms with Crippen molar-refractivity contribution >= 4 is 50.9 Å². The molecule has 1 aliphatic carbocycles. The van der Waals surface area contributed by atoms with Crippen LogP contribution in [0.2, 0.25) is 0 Å². The minimum atomic E-state index is -0.423. The lowest BCUT2D eigenvalue weighted by atomic mass is 9.68. The minimum absolute atomic E-state index is 0.423. The number of hydrogen-bond donors (Lipinski definition) is 0. The molecule has 9 aromatic carbocycles. The molecule has 0 aliphatic heterocycles. The molecule has 0 amide bonds. The molecule has 11 rings (SSSR count). The number of hydrogen-bond acceptors (Lipinski definition) is 1. The number of fused-ring (bicyclic) bond motifs is 6. The molecule has 0 bridgehead atoms. The van der Waals surface area contributed by atoms with E-state index < -0.39 is 5.41 Å². The van der Waals surface area contributed by atoms with Gasteiger partial charge in [0.15, 0.2) is 0 Å². The molecule has 2 heteroatoms. The molecule has 0 fully saturated rings. The Balaban J connectivity index is 1.03. The third kappa shape index (κ3) is 7.67. The first-order valence-electron chi connectivity index (χ1n) is 23.7. The number of aromatic nitrogens is 1. The van der Waals surface area contributed by atoms with E-state index in [0.29, 0.717) is 0 Å². The third-order valence-electron chi connectivity index (χ3n) is 14.0. The van der Waals surface area contributed by atoms with Gasteiger partial charge in [-0.1, -0.05) is 202 Å². The maximum Gasteiger partial charge on any atom is 0.0541 e. The van der Waals surface area contributed by atoms with E-state index in [4.69, 9.17) is 0 Å². The van der Waals surface area contributed by atoms with Gasteiger partial charge in [0.05, 0.1) is 16.4 Å². The molecule has 2 nitrogen and oxygen atoms in total. The summed E-state index contributed by atoms with van der Waals surface area (Å²) in [6.07, 6.45) is 11.0. The zero-order valence-electron chi connectivity index (χ0n) is 38.9. The topological polar surface area (TPSA) is 8.17 Å². The minimum Gasteiger partial charge on any atom is -0.315 e. The average Bonchev–Trinajstić information content (AvgIpc) is 3.89. The molecule has 69 heavy (non-hydrogen) atoms. The number of rotatable bonds is 13. The lowest BCUT2D eigenvalue weighted by Gasteiger charge is -2.34. The van der Waals surface area contributed by atoms with E-state index in [1.807, 2.05) is 18.2 Å². The normalized spacial score (nSPS) is 14.3. The SMILES string of the molecule is C=C/C(=C\C=C(/C)N(c1ccccc1)c1ccc2c(c1)C(Cc1ccc(C=C)cc1)(c1ccccc1)c1ccccc1-2)c1ccc2c(c1)c1cc(-c3ccc(C=C)cc3)ccc1n2-c1ccccc1. The average molecular weight is 885 g/mol. The molecule has 1 aromatic heterocycles. The van der Waals surface area contributed by atoms with Crippen molar-refractivity contribution < 1.29 is 0 Å². The summed E-state index contributed by atoms with van der Waals surface area (Å²) in [5.41, 5.74) is 20.7. The van der Waals surface area contributed by atoms with Crippen molar-refractivity contribution in [1.82, 2.24) is 4.57 Å². The van der Waals surface area contributed by atoms with Crippen LogP contribution in [0.3, 0.4) is 0 Å². The van der Waals surface area contributed by atoms with Crippen LogP contribution in [0.5, 0.6) is 0 Å². The van der Waals surface area contributed by atoms with Gasteiger partial charge in [-0.2, -0.15) is 0 Å². The lowest BCUT2D eigenvalue weighted by Crippen LogP contribution is -2.30. The van der Waals surface area contributed by atoms with Crippen molar-refractivity contribution in [3.05, 3.63) is 301 Å². The van der Waals surface area contributed by atoms with Crippen LogP contribution in [0, 0.1) is 0 Å². The van der Waals surface area contributed by atoms with Gasteiger partial charge in [0, 0.05) is 33.5 Å². The van der Waals surface area contributed by atoms with Gasteiger partial charge in [-0.05, 0) is 147 Å². The molecule has 1 atom stereocenters. The lowest BCUT2D eigenvalue weighted by molar-refractivity contribution is 0.629. The molecule has 1 heterocycles. The van der Waals surface area contributed by atoms with Gasteiger partial charge < -0.3 is 9.47 Å². The van der Waals surface area contributed by atoms with Crippen molar-refractivity contribution in [2.75, 3.05) is 4.90 Å². The van der Waals surface area contributed by atoms with Crippen LogP contribution in [-0.4, -0.2) is 4.57 Å². The van der Waals surface area contributed by atoms with E-state index >= 15 is 0 Å². The number of benzene rings is 9. The largest absolute Gasteiger partial charge is 0.315 e. The Bertz CT molecular complexity index is 3610. The summed E-state index contributed by atoms with van der Waals surface area (Å²) in [5, 5.41) is 2.39. The highest BCUT2D eigenvalue weighted by Crippen LogP contribution is 2.55. The second-order valence-corrected chi connectivity index (χ2v) is 17.9. The van der Waals surface area contributed by atoms with Gasteiger partial charge in [0.1, 0.15) is 0 Å². The highest BCUT2D eigenvalue weighted by molar-refractivity contribution is 6.11. The zero-order valence-corrected chi connectivity index (χ0v) is 38.9. The van der Waals surface area contributed by atoms with E-state index in [1.165, 1.54) is 55.3 Å². The fourth-order valence-electron chi connectivity index (χ4n) is 10.6. The van der Waals surface area contributed by atoms with Crippen molar-refractivity contribution in [2.24, 2.45) is 0 Å². The molecule has 0 N–H and O–H groups in total. The summed E-state index contributed by atoms with van der Waals surface area (Å²) in [6.45, 7) is 14.5. The predicted molar refractivity (Wildman–Crippen MR) is 295 cm³/mol. The first kappa shape index (κ1) is 42.9. The van der Waals surface area contributed by atoms with Gasteiger partial charge in [-0.15, -0.1) is 0 Å². The Kier molecular flexibility index (Phi) is 11.3. The molecule has 0 saturated heterocycles. The van der Waals surface area contributed by atoms with Gasteiger partial charge in [-0.25, -0.2) is 0 Å². The maximum atomic E-state index is 4.36. The molecule has 0 radical (unpaired) electrons. The molecule has 0 spiro atoms. The van der Waals surface area contributed by atoms with Crippen LogP contribution in [0.15, 0.2) is 262 Å². The second kappa shape index (κ2) is 18.2. The number of nitrogens with zero attached hydrogens (tertiary/aromatic N) is 2. The molecule has 1 unspecified atom stereocenters. The Morgan fingerprint density at radius 3 is 1.80 bits per heavy atom. The summed E-state index contributed by atoms with van der Waals surface area (Å²) < 4.78 is 2.37. The molecular formula is C67H52N2. The summed E-state index contributed by atoms with van der Waals surface area (Å²) in [5.74, 6) is 0. The highest BCUT2D eigenvalue weighted by Gasteiger charge is 2.45. The Labute approximate surface area is 406 Å². The number of allylic oxidation sites excluding steroid dienone is 5. The van der Waals surface area contributed by atoms with Gasteiger partial charge in [-0.3, -0.25) is 0 Å². The smallest absolute Gasteiger partial charge is 0.0541 e. The van der Waals surface area contributed by atoms with E-state index in [9.17, 15) is 0 Å². The summed E-state index contributed by atoms with van der Waals surface area (Å²) in [7, 11) is 0. The van der Waals surface area contributed by atoms with E-state index in [2.05, 4.69) is 267 Å². The van der Waals surface area contributed by atoms with Gasteiger partial charge in [0.25, 0.3) is 0 Å². The zero-order chi connectivity index (χ0) is 46.9. The summed E-state index contributed by atoms with van der Waals surface area (Å²) in [6, 6.07) is 79.6. The standard InChI is InChI=1S/C67H52N2/c1-5-48-28-30-50(31-29-48)46-67(55-19-11-8-12-20-55)63-26-18-17-25-59(63)60-40-39-58(45-64(60)67)68(56-21-13-9-14-22-56)47(4)27-34-51(7-3)53-37-41-65-61(43-53)62-44-54(52-35-32-49(6-2)33-36-52)38-42-66(62)69(65)57-23-15-10-16-24-57/h5-45H,1-3,46H2,4H3/b47-27+,51-34+. The molecule has 330 valence electrons. The van der Waals surface area contributed by atoms with Crippen LogP contribution in [0.25, 0.3) is 67.5 Å². The van der Waals surface area contributed by atoms with Crippen LogP contribution < -0.4 is 4.90 Å². The third-order valence-corrected chi connectivity index (χ3v) is 14.0. The summed E-state index contributed by atoms with van der Waals surface area (Å²) >= 11 is 0. The quantitative estimate of drug-likeness (QED) is 0.105. The Morgan fingerprint density at radius 2 is 1.10 bits per heavy atom. The molecule has 10 aromatic rings. The van der Waals surface area contributed by atoms with Crippen molar-refractivity contribution in [3.63, 3.8) is 0 Å². The van der Waals surface area contributed by atoms with Crippen molar-refractivity contribution in [2.45, 2.75) is 18.8 Å². The molecule has 1 aliphatic rings. The second-order valence-electron chi connectivity index (χ2n) is 17.9. The van der Waals surface area contributed by atoms with Crippen LogP contribution in [0.1, 0.15) is 45.9 Å². The molecular weight excluding hydrogens is 833 g/mol. The fraction of sp³-hybridized carbons (Fsp3) is 0.0448. The monoisotopic (exact) mass is 884 g/mol. The van der Waals surface area contributed by atoms with Crippen molar-refractivity contribution in [1.29, 1.82) is 0 Å². The Morgan fingerprint density at radius 1 is 0.507 bits per heavy atom. The fourth-order valence-corrected chi connectivity index (χ4v) is 10.6. The maximum absolute atomic E-state index is 4.36. The van der Waals surface area contributed by atoms with Crippen molar-refractivity contribution in [3.8, 4) is 27.9 Å². The van der Waals surface area contributed by atoms with Crippen LogP contribution in [-0.2, 0) is 11.8 Å². The predicted octanol–water partition coefficient (Wildman–Crippen LogP) is 17.6. The van der Waals surface area contributed by atoms with E-state index in [-0.39, 0.29) is 0 Å². The van der Waals surface area contributed by atoms with Gasteiger partial charge >= 0.3 is 0 Å². The number of anilines is 2. The van der Waals surface area contributed by atoms with Crippen LogP contribution in [0.4, 0.5) is 11.4 Å². The summed E-state index contributed by atoms with van der Waals surface area (Å²) in [4.78, 5) is 2.38. The van der Waals surface area contributed by atoms with Crippen LogP contribution >= 0.6 is 0 Å². The Hall–Kier alpha value is -8.72. The first-order chi connectivity index (χ1) is 34.0. The first-order valence-corrected chi connectivity index (χ1v) is 23.7. The van der Waals surface area contributed by atoms with Gasteiger partial charge in [0.2, 0.25) is 0 Å².